The Hall–Kier alpha value is -3.01. The summed E-state index contributed by atoms with van der Waals surface area (Å²) in [6.07, 6.45) is 1.57. The molecule has 1 aromatic carbocycles. The minimum atomic E-state index is -1.49. The van der Waals surface area contributed by atoms with E-state index in [9.17, 15) is 14.4 Å². The first-order valence-electron chi connectivity index (χ1n) is 7.41. The van der Waals surface area contributed by atoms with E-state index in [2.05, 4.69) is 31.0 Å². The quantitative estimate of drug-likeness (QED) is 0.693. The molecule has 9 nitrogen and oxygen atoms in total. The van der Waals surface area contributed by atoms with Crippen LogP contribution in [0.3, 0.4) is 0 Å². The highest BCUT2D eigenvalue weighted by Gasteiger charge is 2.38. The number of aliphatic imine (C=N–C) groups is 1. The van der Waals surface area contributed by atoms with E-state index >= 15 is 0 Å². The number of benzene rings is 1. The van der Waals surface area contributed by atoms with Crippen molar-refractivity contribution in [1.82, 2.24) is 20.7 Å². The summed E-state index contributed by atoms with van der Waals surface area (Å²) in [5.41, 5.74) is 1.93. The number of amides is 3. The van der Waals surface area contributed by atoms with Gasteiger partial charge in [-0.05, 0) is 17.9 Å². The zero-order chi connectivity index (χ0) is 17.8. The smallest absolute Gasteiger partial charge is 0.270 e. The number of anilines is 1. The zero-order valence-corrected chi connectivity index (χ0v) is 14.0. The molecule has 1 aromatic heterocycles. The lowest BCUT2D eigenvalue weighted by atomic mass is 10.1. The van der Waals surface area contributed by atoms with E-state index in [0.717, 1.165) is 5.56 Å². The first-order valence-corrected chi connectivity index (χ1v) is 8.40. The summed E-state index contributed by atoms with van der Waals surface area (Å²) >= 11 is 1.23. The summed E-state index contributed by atoms with van der Waals surface area (Å²) in [6, 6.07) is 6.78. The normalized spacial score (nSPS) is 17.0. The molecule has 3 amide bonds. The van der Waals surface area contributed by atoms with Crippen LogP contribution in [0.25, 0.3) is 11.3 Å². The van der Waals surface area contributed by atoms with E-state index in [1.54, 1.807) is 30.5 Å². The van der Waals surface area contributed by atoms with Gasteiger partial charge in [0, 0.05) is 11.3 Å². The van der Waals surface area contributed by atoms with Crippen molar-refractivity contribution in [2.45, 2.75) is 6.92 Å². The van der Waals surface area contributed by atoms with Gasteiger partial charge >= 0.3 is 0 Å². The maximum atomic E-state index is 12.3. The third-order valence-electron chi connectivity index (χ3n) is 3.36. The summed E-state index contributed by atoms with van der Waals surface area (Å²) < 4.78 is 0. The molecule has 10 heteroatoms. The fourth-order valence-electron chi connectivity index (χ4n) is 2.20. The average molecular weight is 358 g/mol. The van der Waals surface area contributed by atoms with Crippen LogP contribution >= 0.6 is 11.8 Å². The van der Waals surface area contributed by atoms with Gasteiger partial charge in [0.1, 0.15) is 5.69 Å². The number of H-pyrrole nitrogens is 1. The van der Waals surface area contributed by atoms with Gasteiger partial charge in [-0.15, -0.1) is 0 Å². The standard InChI is InChI=1S/C15H14N6O3S/c1-2-25-15-18-13(23)11(14(24)19-15)12(22)17-9-5-3-8(4-6-9)10-7-16-21-20-10/h3-7,11H,2H2,1H3,(H,17,22)(H,16,20,21)(H,18,19,23,24). The zero-order valence-electron chi connectivity index (χ0n) is 13.1. The highest BCUT2D eigenvalue weighted by Crippen LogP contribution is 2.19. The Morgan fingerprint density at radius 1 is 1.28 bits per heavy atom. The molecule has 0 saturated heterocycles. The lowest BCUT2D eigenvalue weighted by molar-refractivity contribution is -0.139. The molecule has 25 heavy (non-hydrogen) atoms. The van der Waals surface area contributed by atoms with Crippen LogP contribution in [0.2, 0.25) is 0 Å². The van der Waals surface area contributed by atoms with Gasteiger partial charge in [0.2, 0.25) is 11.8 Å². The molecule has 3 N–H and O–H groups in total. The molecule has 128 valence electrons. The van der Waals surface area contributed by atoms with E-state index in [1.807, 2.05) is 6.92 Å². The second-order valence-electron chi connectivity index (χ2n) is 5.03. The number of aromatic amines is 1. The van der Waals surface area contributed by atoms with Gasteiger partial charge in [-0.1, -0.05) is 30.8 Å². The third kappa shape index (κ3) is 3.74. The fourth-order valence-corrected chi connectivity index (χ4v) is 2.80. The molecule has 0 radical (unpaired) electrons. The van der Waals surface area contributed by atoms with Crippen molar-refractivity contribution in [2.24, 2.45) is 10.9 Å². The van der Waals surface area contributed by atoms with E-state index < -0.39 is 23.6 Å². The van der Waals surface area contributed by atoms with Crippen molar-refractivity contribution in [2.75, 3.05) is 11.1 Å². The maximum Gasteiger partial charge on any atom is 0.270 e. The molecule has 0 saturated carbocycles. The summed E-state index contributed by atoms with van der Waals surface area (Å²) in [6.45, 7) is 1.87. The minimum Gasteiger partial charge on any atom is -0.325 e. The average Bonchev–Trinajstić information content (AvgIpc) is 3.09. The molecule has 2 heterocycles. The first-order chi connectivity index (χ1) is 12.1. The molecule has 1 unspecified atom stereocenters. The van der Waals surface area contributed by atoms with Crippen LogP contribution in [0.5, 0.6) is 0 Å². The Morgan fingerprint density at radius 2 is 2.04 bits per heavy atom. The SMILES string of the molecule is CCSC1=NC(=O)C(C(=O)Nc2ccc(-c3cn[nH]n3)cc2)C(=O)N1. The third-order valence-corrected chi connectivity index (χ3v) is 4.11. The largest absolute Gasteiger partial charge is 0.325 e. The second-order valence-corrected chi connectivity index (χ2v) is 6.29. The first kappa shape index (κ1) is 16.8. The van der Waals surface area contributed by atoms with Crippen LogP contribution in [-0.4, -0.2) is 44.1 Å². The van der Waals surface area contributed by atoms with Crippen molar-refractivity contribution < 1.29 is 14.4 Å². The molecule has 1 aliphatic rings. The number of thioether (sulfide) groups is 1. The number of amidine groups is 1. The Labute approximate surface area is 146 Å². The summed E-state index contributed by atoms with van der Waals surface area (Å²) in [5, 5.41) is 15.4. The van der Waals surface area contributed by atoms with Crippen molar-refractivity contribution in [3.63, 3.8) is 0 Å². The molecule has 2 aromatic rings. The molecule has 0 spiro atoms. The van der Waals surface area contributed by atoms with Crippen LogP contribution in [0.4, 0.5) is 5.69 Å². The highest BCUT2D eigenvalue weighted by atomic mass is 32.2. The molecule has 0 aliphatic carbocycles. The lowest BCUT2D eigenvalue weighted by Crippen LogP contribution is -2.48. The molecule has 0 fully saturated rings. The molecule has 1 atom stereocenters. The fraction of sp³-hybridized carbons (Fsp3) is 0.200. The maximum absolute atomic E-state index is 12.3. The van der Waals surface area contributed by atoms with E-state index in [4.69, 9.17) is 0 Å². The van der Waals surface area contributed by atoms with Crippen molar-refractivity contribution in [3.05, 3.63) is 30.5 Å². The van der Waals surface area contributed by atoms with Crippen LogP contribution in [0.1, 0.15) is 6.92 Å². The summed E-state index contributed by atoms with van der Waals surface area (Å²) in [7, 11) is 0. The number of rotatable bonds is 4. The lowest BCUT2D eigenvalue weighted by Gasteiger charge is -2.19. The Bertz CT molecular complexity index is 831. The van der Waals surface area contributed by atoms with Gasteiger partial charge in [0.05, 0.1) is 6.20 Å². The molecular weight excluding hydrogens is 344 g/mol. The topological polar surface area (TPSA) is 129 Å². The number of nitrogens with one attached hydrogen (secondary N) is 3. The van der Waals surface area contributed by atoms with Gasteiger partial charge in [0.15, 0.2) is 11.1 Å². The Kier molecular flexibility index (Phi) is 4.89. The molecular formula is C15H14N6O3S. The number of hydrogen-bond acceptors (Lipinski definition) is 6. The van der Waals surface area contributed by atoms with E-state index in [1.165, 1.54) is 11.8 Å². The van der Waals surface area contributed by atoms with Crippen LogP contribution in [-0.2, 0) is 14.4 Å². The molecule has 1 aliphatic heterocycles. The Balaban J connectivity index is 1.70. The van der Waals surface area contributed by atoms with Crippen LogP contribution in [0, 0.1) is 5.92 Å². The van der Waals surface area contributed by atoms with Gasteiger partial charge in [-0.3, -0.25) is 14.4 Å². The number of carbonyl (C=O) groups excluding carboxylic acids is 3. The summed E-state index contributed by atoms with van der Waals surface area (Å²) in [4.78, 5) is 40.0. The van der Waals surface area contributed by atoms with Gasteiger partial charge < -0.3 is 10.6 Å². The number of hydrogen-bond donors (Lipinski definition) is 3. The number of nitrogens with zero attached hydrogens (tertiary/aromatic N) is 3. The van der Waals surface area contributed by atoms with Crippen molar-refractivity contribution >= 4 is 40.3 Å². The van der Waals surface area contributed by atoms with Gasteiger partial charge in [-0.25, -0.2) is 0 Å². The number of aromatic nitrogens is 3. The van der Waals surface area contributed by atoms with Crippen molar-refractivity contribution in [3.8, 4) is 11.3 Å². The second kappa shape index (κ2) is 7.26. The molecule has 3 rings (SSSR count). The Morgan fingerprint density at radius 3 is 2.64 bits per heavy atom. The van der Waals surface area contributed by atoms with E-state index in [-0.39, 0.29) is 5.17 Å². The number of carbonyl (C=O) groups is 3. The minimum absolute atomic E-state index is 0.221. The highest BCUT2D eigenvalue weighted by molar-refractivity contribution is 8.13. The van der Waals surface area contributed by atoms with Crippen molar-refractivity contribution in [1.29, 1.82) is 0 Å². The van der Waals surface area contributed by atoms with Gasteiger partial charge in [-0.2, -0.15) is 20.4 Å². The van der Waals surface area contributed by atoms with E-state index in [0.29, 0.717) is 17.1 Å². The predicted octanol–water partition coefficient (Wildman–Crippen LogP) is 0.792. The van der Waals surface area contributed by atoms with Crippen LogP contribution < -0.4 is 10.6 Å². The summed E-state index contributed by atoms with van der Waals surface area (Å²) in [5.74, 6) is -3.00. The predicted molar refractivity (Wildman–Crippen MR) is 92.7 cm³/mol. The van der Waals surface area contributed by atoms with Crippen LogP contribution in [0.15, 0.2) is 35.5 Å². The van der Waals surface area contributed by atoms with Gasteiger partial charge in [0.25, 0.3) is 5.91 Å². The molecule has 0 bridgehead atoms. The monoisotopic (exact) mass is 358 g/mol.